The number of piperidine rings is 1. The van der Waals surface area contributed by atoms with Gasteiger partial charge in [0, 0.05) is 37.5 Å². The molecule has 118 valence electrons. The molecule has 3 N–H and O–H groups in total. The lowest BCUT2D eigenvalue weighted by Gasteiger charge is -2.35. The van der Waals surface area contributed by atoms with Crippen molar-refractivity contribution in [2.45, 2.75) is 31.7 Å². The quantitative estimate of drug-likeness (QED) is 0.861. The van der Waals surface area contributed by atoms with Crippen molar-refractivity contribution in [3.05, 3.63) is 22.4 Å². The van der Waals surface area contributed by atoms with Crippen molar-refractivity contribution in [1.82, 2.24) is 10.2 Å². The van der Waals surface area contributed by atoms with Crippen molar-refractivity contribution in [2.24, 2.45) is 5.73 Å². The van der Waals surface area contributed by atoms with Gasteiger partial charge in [-0.2, -0.15) is 11.3 Å². The molecule has 1 atom stereocenters. The van der Waals surface area contributed by atoms with Crippen LogP contribution in [0.2, 0.25) is 0 Å². The van der Waals surface area contributed by atoms with Gasteiger partial charge in [-0.15, -0.1) is 12.4 Å². The maximum atomic E-state index is 12.4. The molecule has 1 aliphatic heterocycles. The Bertz CT molecular complexity index is 453. The molecule has 0 aliphatic carbocycles. The van der Waals surface area contributed by atoms with E-state index < -0.39 is 0 Å². The Morgan fingerprint density at radius 2 is 2.24 bits per heavy atom. The van der Waals surface area contributed by atoms with Crippen LogP contribution in [0.3, 0.4) is 0 Å². The number of halogens is 1. The fourth-order valence-corrected chi connectivity index (χ4v) is 3.11. The fraction of sp³-hybridized carbons (Fsp3) is 0.571. The van der Waals surface area contributed by atoms with Gasteiger partial charge in [-0.1, -0.05) is 0 Å². The van der Waals surface area contributed by atoms with E-state index in [1.54, 1.807) is 0 Å². The molecule has 0 aromatic carbocycles. The summed E-state index contributed by atoms with van der Waals surface area (Å²) in [4.78, 5) is 25.8. The second kappa shape index (κ2) is 9.02. The summed E-state index contributed by atoms with van der Waals surface area (Å²) in [5.41, 5.74) is 6.10. The van der Waals surface area contributed by atoms with E-state index in [4.69, 9.17) is 5.73 Å². The van der Waals surface area contributed by atoms with Gasteiger partial charge < -0.3 is 16.0 Å². The van der Waals surface area contributed by atoms with Crippen LogP contribution in [-0.4, -0.2) is 42.4 Å². The number of nitrogens with two attached hydrogens (primary N) is 1. The molecule has 0 radical (unpaired) electrons. The Morgan fingerprint density at radius 3 is 2.90 bits per heavy atom. The molecule has 1 unspecified atom stereocenters. The van der Waals surface area contributed by atoms with Gasteiger partial charge in [0.15, 0.2) is 0 Å². The van der Waals surface area contributed by atoms with Crippen LogP contribution < -0.4 is 11.1 Å². The van der Waals surface area contributed by atoms with Crippen LogP contribution in [0.1, 0.15) is 36.0 Å². The highest BCUT2D eigenvalue weighted by Gasteiger charge is 2.27. The fourth-order valence-electron chi connectivity index (χ4n) is 2.48. The van der Waals surface area contributed by atoms with Gasteiger partial charge in [-0.3, -0.25) is 9.59 Å². The van der Waals surface area contributed by atoms with Gasteiger partial charge in [-0.25, -0.2) is 0 Å². The highest BCUT2D eigenvalue weighted by atomic mass is 35.5. The molecule has 2 amide bonds. The lowest BCUT2D eigenvalue weighted by atomic mass is 10.0. The average molecular weight is 332 g/mol. The first-order chi connectivity index (χ1) is 9.72. The van der Waals surface area contributed by atoms with Crippen molar-refractivity contribution in [1.29, 1.82) is 0 Å². The largest absolute Gasteiger partial charge is 0.354 e. The Morgan fingerprint density at radius 1 is 1.43 bits per heavy atom. The summed E-state index contributed by atoms with van der Waals surface area (Å²) >= 11 is 1.53. The molecule has 5 nitrogen and oxygen atoms in total. The standard InChI is InChI=1S/C14H21N3O2S.ClH/c15-6-4-13(18)16-9-12-3-1-2-7-17(12)14(19)11-5-8-20-10-11;/h5,8,10,12H,1-4,6-7,9,15H2,(H,16,18);1H. The molecule has 1 saturated heterocycles. The van der Waals surface area contributed by atoms with E-state index in [1.165, 1.54) is 11.3 Å². The number of thiophene rings is 1. The molecule has 0 saturated carbocycles. The summed E-state index contributed by atoms with van der Waals surface area (Å²) in [6, 6.07) is 1.95. The number of amides is 2. The SMILES string of the molecule is Cl.NCCC(=O)NCC1CCCCN1C(=O)c1ccsc1. The zero-order chi connectivity index (χ0) is 14.4. The van der Waals surface area contributed by atoms with Crippen LogP contribution in [0.5, 0.6) is 0 Å². The van der Waals surface area contributed by atoms with Gasteiger partial charge in [0.2, 0.25) is 5.91 Å². The van der Waals surface area contributed by atoms with Gasteiger partial charge in [0.05, 0.1) is 5.56 Å². The number of rotatable bonds is 5. The van der Waals surface area contributed by atoms with Crippen molar-refractivity contribution < 1.29 is 9.59 Å². The molecular weight excluding hydrogens is 310 g/mol. The molecule has 2 rings (SSSR count). The highest BCUT2D eigenvalue weighted by Crippen LogP contribution is 2.20. The Hall–Kier alpha value is -1.11. The zero-order valence-electron chi connectivity index (χ0n) is 11.9. The third-order valence-electron chi connectivity index (χ3n) is 3.56. The monoisotopic (exact) mass is 331 g/mol. The van der Waals surface area contributed by atoms with Crippen LogP contribution in [0, 0.1) is 0 Å². The van der Waals surface area contributed by atoms with E-state index in [1.807, 2.05) is 21.7 Å². The first-order valence-electron chi connectivity index (χ1n) is 7.02. The van der Waals surface area contributed by atoms with Crippen LogP contribution in [0.25, 0.3) is 0 Å². The van der Waals surface area contributed by atoms with Crippen LogP contribution >= 0.6 is 23.7 Å². The molecule has 7 heteroatoms. The Kier molecular flexibility index (Phi) is 7.71. The van der Waals surface area contributed by atoms with Gasteiger partial charge >= 0.3 is 0 Å². The maximum Gasteiger partial charge on any atom is 0.255 e. The highest BCUT2D eigenvalue weighted by molar-refractivity contribution is 7.08. The average Bonchev–Trinajstić information content (AvgIpc) is 2.99. The Balaban J connectivity index is 0.00000220. The first-order valence-corrected chi connectivity index (χ1v) is 7.96. The van der Waals surface area contributed by atoms with Gasteiger partial charge in [0.25, 0.3) is 5.91 Å². The van der Waals surface area contributed by atoms with E-state index >= 15 is 0 Å². The first kappa shape index (κ1) is 17.9. The minimum atomic E-state index is -0.0407. The number of likely N-dealkylation sites (tertiary alicyclic amines) is 1. The van der Waals surface area contributed by atoms with E-state index in [-0.39, 0.29) is 30.3 Å². The molecule has 2 heterocycles. The number of nitrogens with zero attached hydrogens (tertiary/aromatic N) is 1. The molecule has 1 aromatic rings. The zero-order valence-corrected chi connectivity index (χ0v) is 13.5. The minimum Gasteiger partial charge on any atom is -0.354 e. The van der Waals surface area contributed by atoms with Crippen molar-refractivity contribution in [3.63, 3.8) is 0 Å². The summed E-state index contributed by atoms with van der Waals surface area (Å²) in [5, 5.41) is 6.66. The summed E-state index contributed by atoms with van der Waals surface area (Å²) in [5.74, 6) is 0.0324. The minimum absolute atomic E-state index is 0. The molecule has 0 bridgehead atoms. The lowest BCUT2D eigenvalue weighted by molar-refractivity contribution is -0.121. The number of hydrogen-bond acceptors (Lipinski definition) is 4. The normalized spacial score (nSPS) is 18.0. The number of nitrogens with one attached hydrogen (secondary N) is 1. The molecule has 1 fully saturated rings. The second-order valence-corrected chi connectivity index (χ2v) is 5.78. The van der Waals surface area contributed by atoms with E-state index in [0.717, 1.165) is 31.4 Å². The molecule has 1 aliphatic rings. The van der Waals surface area contributed by atoms with E-state index in [2.05, 4.69) is 5.32 Å². The maximum absolute atomic E-state index is 12.4. The lowest BCUT2D eigenvalue weighted by Crippen LogP contribution is -2.49. The summed E-state index contributed by atoms with van der Waals surface area (Å²) in [7, 11) is 0. The summed E-state index contributed by atoms with van der Waals surface area (Å²) in [6.07, 6.45) is 3.41. The van der Waals surface area contributed by atoms with Crippen LogP contribution in [0.15, 0.2) is 16.8 Å². The van der Waals surface area contributed by atoms with Crippen LogP contribution in [0.4, 0.5) is 0 Å². The van der Waals surface area contributed by atoms with Crippen molar-refractivity contribution in [2.75, 3.05) is 19.6 Å². The third kappa shape index (κ3) is 4.98. The molecule has 0 spiro atoms. The van der Waals surface area contributed by atoms with Crippen molar-refractivity contribution in [3.8, 4) is 0 Å². The second-order valence-electron chi connectivity index (χ2n) is 5.00. The van der Waals surface area contributed by atoms with E-state index in [9.17, 15) is 9.59 Å². The molecule has 1 aromatic heterocycles. The van der Waals surface area contributed by atoms with Crippen molar-refractivity contribution >= 4 is 35.6 Å². The van der Waals surface area contributed by atoms with Gasteiger partial charge in [-0.05, 0) is 30.7 Å². The summed E-state index contributed by atoms with van der Waals surface area (Å²) in [6.45, 7) is 1.65. The number of carbonyl (C=O) groups is 2. The predicted octanol–water partition coefficient (Wildman–Crippen LogP) is 1.63. The van der Waals surface area contributed by atoms with Gasteiger partial charge in [0.1, 0.15) is 0 Å². The summed E-state index contributed by atoms with van der Waals surface area (Å²) < 4.78 is 0. The number of carbonyl (C=O) groups excluding carboxylic acids is 2. The van der Waals surface area contributed by atoms with Crippen LogP contribution in [-0.2, 0) is 4.79 Å². The third-order valence-corrected chi connectivity index (χ3v) is 4.25. The molecular formula is C14H22ClN3O2S. The Labute approximate surface area is 135 Å². The molecule has 21 heavy (non-hydrogen) atoms. The number of hydrogen-bond donors (Lipinski definition) is 2. The topological polar surface area (TPSA) is 75.4 Å². The smallest absolute Gasteiger partial charge is 0.255 e. The predicted molar refractivity (Wildman–Crippen MR) is 86.9 cm³/mol. The van der Waals surface area contributed by atoms with E-state index in [0.29, 0.717) is 19.5 Å².